The highest BCUT2D eigenvalue weighted by molar-refractivity contribution is 5.69. The zero-order chi connectivity index (χ0) is 15.1. The van der Waals surface area contributed by atoms with E-state index in [2.05, 4.69) is 4.98 Å². The van der Waals surface area contributed by atoms with Crippen LogP contribution in [0, 0.1) is 11.7 Å². The van der Waals surface area contributed by atoms with E-state index in [9.17, 15) is 9.50 Å². The summed E-state index contributed by atoms with van der Waals surface area (Å²) in [6.07, 6.45) is 9.73. The van der Waals surface area contributed by atoms with Crippen molar-refractivity contribution < 1.29 is 9.50 Å². The minimum absolute atomic E-state index is 0.000117. The van der Waals surface area contributed by atoms with Crippen LogP contribution in [0.1, 0.15) is 50.1 Å². The fraction of sp³-hybridized carbons (Fsp3) is 0.500. The third kappa shape index (κ3) is 2.17. The van der Waals surface area contributed by atoms with Crippen molar-refractivity contribution >= 4 is 0 Å². The SMILES string of the molecule is O[C@@H](C[C@H]1c2cccc(F)c2-c2cncn21)C1CCCCC1. The zero-order valence-corrected chi connectivity index (χ0v) is 12.6. The minimum atomic E-state index is -0.324. The molecule has 1 aliphatic carbocycles. The second-order valence-corrected chi connectivity index (χ2v) is 6.61. The van der Waals surface area contributed by atoms with Crippen LogP contribution >= 0.6 is 0 Å². The summed E-state index contributed by atoms with van der Waals surface area (Å²) in [6, 6.07) is 5.23. The molecule has 4 rings (SSSR count). The second kappa shape index (κ2) is 5.51. The fourth-order valence-corrected chi connectivity index (χ4v) is 4.17. The van der Waals surface area contributed by atoms with Crippen LogP contribution in [-0.2, 0) is 0 Å². The summed E-state index contributed by atoms with van der Waals surface area (Å²) in [5, 5.41) is 10.7. The van der Waals surface area contributed by atoms with E-state index in [0.717, 1.165) is 24.1 Å². The number of imidazole rings is 1. The van der Waals surface area contributed by atoms with Crippen molar-refractivity contribution in [2.45, 2.75) is 50.7 Å². The van der Waals surface area contributed by atoms with Gasteiger partial charge in [-0.3, -0.25) is 0 Å². The number of hydrogen-bond donors (Lipinski definition) is 1. The Morgan fingerprint density at radius 3 is 2.91 bits per heavy atom. The van der Waals surface area contributed by atoms with E-state index >= 15 is 0 Å². The van der Waals surface area contributed by atoms with Crippen molar-refractivity contribution in [2.24, 2.45) is 5.92 Å². The molecule has 2 aliphatic rings. The van der Waals surface area contributed by atoms with E-state index in [4.69, 9.17) is 0 Å². The van der Waals surface area contributed by atoms with Crippen LogP contribution in [0.3, 0.4) is 0 Å². The molecule has 0 radical (unpaired) electrons. The quantitative estimate of drug-likeness (QED) is 0.933. The Labute approximate surface area is 129 Å². The topological polar surface area (TPSA) is 38.1 Å². The van der Waals surface area contributed by atoms with Gasteiger partial charge in [-0.25, -0.2) is 9.37 Å². The Bertz CT molecular complexity index is 675. The highest BCUT2D eigenvalue weighted by atomic mass is 19.1. The molecule has 116 valence electrons. The second-order valence-electron chi connectivity index (χ2n) is 6.61. The average Bonchev–Trinajstić information content (AvgIpc) is 3.11. The van der Waals surface area contributed by atoms with Gasteiger partial charge in [0, 0.05) is 5.56 Å². The Morgan fingerprint density at radius 1 is 1.27 bits per heavy atom. The average molecular weight is 300 g/mol. The molecule has 1 saturated carbocycles. The van der Waals surface area contributed by atoms with Crippen LogP contribution in [0.2, 0.25) is 0 Å². The molecule has 2 atom stereocenters. The van der Waals surface area contributed by atoms with Crippen LogP contribution < -0.4 is 0 Å². The molecule has 1 fully saturated rings. The van der Waals surface area contributed by atoms with Gasteiger partial charge in [0.1, 0.15) is 5.82 Å². The molecule has 0 unspecified atom stereocenters. The summed E-state index contributed by atoms with van der Waals surface area (Å²) in [7, 11) is 0. The van der Waals surface area contributed by atoms with Crippen molar-refractivity contribution in [3.8, 4) is 11.3 Å². The van der Waals surface area contributed by atoms with Crippen molar-refractivity contribution in [3.63, 3.8) is 0 Å². The molecule has 0 spiro atoms. The Morgan fingerprint density at radius 2 is 2.09 bits per heavy atom. The molecule has 1 aromatic heterocycles. The third-order valence-electron chi connectivity index (χ3n) is 5.32. The van der Waals surface area contributed by atoms with E-state index in [1.807, 2.05) is 10.6 Å². The van der Waals surface area contributed by atoms with Gasteiger partial charge in [0.15, 0.2) is 0 Å². The van der Waals surface area contributed by atoms with Gasteiger partial charge < -0.3 is 9.67 Å². The summed E-state index contributed by atoms with van der Waals surface area (Å²) < 4.78 is 16.2. The van der Waals surface area contributed by atoms with Crippen LogP contribution in [0.4, 0.5) is 4.39 Å². The summed E-state index contributed by atoms with van der Waals surface area (Å²) in [5.74, 6) is 0.187. The lowest BCUT2D eigenvalue weighted by Crippen LogP contribution is -2.26. The molecule has 2 aromatic rings. The molecular formula is C18H21FN2O. The maximum atomic E-state index is 14.2. The number of aliphatic hydroxyl groups is 1. The van der Waals surface area contributed by atoms with Crippen LogP contribution in [0.15, 0.2) is 30.7 Å². The Kier molecular flexibility index (Phi) is 3.49. The highest BCUT2D eigenvalue weighted by Crippen LogP contribution is 2.43. The van der Waals surface area contributed by atoms with Gasteiger partial charge in [-0.15, -0.1) is 0 Å². The van der Waals surface area contributed by atoms with Gasteiger partial charge in [0.2, 0.25) is 0 Å². The number of rotatable bonds is 3. The first-order chi connectivity index (χ1) is 10.8. The molecule has 2 heterocycles. The minimum Gasteiger partial charge on any atom is -0.393 e. The summed E-state index contributed by atoms with van der Waals surface area (Å²) >= 11 is 0. The van der Waals surface area contributed by atoms with E-state index in [1.54, 1.807) is 18.6 Å². The van der Waals surface area contributed by atoms with Crippen molar-refractivity contribution in [2.75, 3.05) is 0 Å². The number of hydrogen-bond acceptors (Lipinski definition) is 2. The molecule has 22 heavy (non-hydrogen) atoms. The lowest BCUT2D eigenvalue weighted by atomic mass is 9.82. The monoisotopic (exact) mass is 300 g/mol. The maximum absolute atomic E-state index is 14.2. The van der Waals surface area contributed by atoms with Crippen LogP contribution in [-0.4, -0.2) is 20.8 Å². The number of aromatic nitrogens is 2. The van der Waals surface area contributed by atoms with Crippen molar-refractivity contribution in [3.05, 3.63) is 42.1 Å². The van der Waals surface area contributed by atoms with E-state index in [1.165, 1.54) is 25.3 Å². The van der Waals surface area contributed by atoms with Crippen LogP contribution in [0.5, 0.6) is 0 Å². The number of benzene rings is 1. The predicted molar refractivity (Wildman–Crippen MR) is 83.0 cm³/mol. The molecule has 1 N–H and O–H groups in total. The first-order valence-electron chi connectivity index (χ1n) is 8.24. The summed E-state index contributed by atoms with van der Waals surface area (Å²) in [4.78, 5) is 4.17. The van der Waals surface area contributed by atoms with Gasteiger partial charge in [0.25, 0.3) is 0 Å². The largest absolute Gasteiger partial charge is 0.393 e. The predicted octanol–water partition coefficient (Wildman–Crippen LogP) is 3.92. The van der Waals surface area contributed by atoms with E-state index in [-0.39, 0.29) is 18.0 Å². The first-order valence-corrected chi connectivity index (χ1v) is 8.24. The van der Waals surface area contributed by atoms with E-state index in [0.29, 0.717) is 17.9 Å². The van der Waals surface area contributed by atoms with Crippen molar-refractivity contribution in [1.29, 1.82) is 0 Å². The van der Waals surface area contributed by atoms with Gasteiger partial charge >= 0.3 is 0 Å². The number of nitrogens with zero attached hydrogens (tertiary/aromatic N) is 2. The molecule has 1 aliphatic heterocycles. The van der Waals surface area contributed by atoms with Crippen LogP contribution in [0.25, 0.3) is 11.3 Å². The summed E-state index contributed by atoms with van der Waals surface area (Å²) in [5.41, 5.74) is 2.46. The number of aliphatic hydroxyl groups excluding tert-OH is 1. The molecule has 4 heteroatoms. The van der Waals surface area contributed by atoms with E-state index < -0.39 is 0 Å². The standard InChI is InChI=1S/C18H21FN2O/c19-14-8-4-7-13-15(21-11-20-10-16(21)18(13)14)9-17(22)12-5-2-1-3-6-12/h4,7-8,10-12,15,17,22H,1-3,5-6,9H2/t15-,17-/m0/s1. The highest BCUT2D eigenvalue weighted by Gasteiger charge is 2.34. The number of halogens is 1. The molecule has 1 aromatic carbocycles. The smallest absolute Gasteiger partial charge is 0.132 e. The van der Waals surface area contributed by atoms with Gasteiger partial charge in [-0.2, -0.15) is 0 Å². The van der Waals surface area contributed by atoms with Gasteiger partial charge in [-0.1, -0.05) is 31.4 Å². The number of fused-ring (bicyclic) bond motifs is 3. The molecular weight excluding hydrogens is 279 g/mol. The van der Waals surface area contributed by atoms with Gasteiger partial charge in [0.05, 0.1) is 30.4 Å². The Hall–Kier alpha value is -1.68. The molecule has 0 saturated heterocycles. The fourth-order valence-electron chi connectivity index (χ4n) is 4.17. The normalized spacial score (nSPS) is 22.4. The maximum Gasteiger partial charge on any atom is 0.132 e. The zero-order valence-electron chi connectivity index (χ0n) is 12.6. The summed E-state index contributed by atoms with van der Waals surface area (Å²) in [6.45, 7) is 0. The third-order valence-corrected chi connectivity index (χ3v) is 5.32. The molecule has 0 amide bonds. The first kappa shape index (κ1) is 13.9. The van der Waals surface area contributed by atoms with Crippen molar-refractivity contribution in [1.82, 2.24) is 9.55 Å². The van der Waals surface area contributed by atoms with Gasteiger partial charge in [-0.05, 0) is 36.8 Å². The molecule has 0 bridgehead atoms. The molecule has 3 nitrogen and oxygen atoms in total. The lowest BCUT2D eigenvalue weighted by molar-refractivity contribution is 0.0686. The lowest BCUT2D eigenvalue weighted by Gasteiger charge is -2.29. The Balaban J connectivity index is 1.64.